The predicted molar refractivity (Wildman–Crippen MR) is 71.6 cm³/mol. The van der Waals surface area contributed by atoms with Crippen molar-refractivity contribution in [2.75, 3.05) is 11.4 Å². The first-order valence-electron chi connectivity index (χ1n) is 6.31. The van der Waals surface area contributed by atoms with Gasteiger partial charge < -0.3 is 4.90 Å². The maximum Gasteiger partial charge on any atom is 0.227 e. The fourth-order valence-corrected chi connectivity index (χ4v) is 2.05. The number of rotatable bonds is 2. The summed E-state index contributed by atoms with van der Waals surface area (Å²) in [6, 6.07) is 7.82. The van der Waals surface area contributed by atoms with Crippen LogP contribution in [0, 0.1) is 5.41 Å². The molecule has 0 saturated carbocycles. The molecule has 0 atom stereocenters. The van der Waals surface area contributed by atoms with Crippen molar-refractivity contribution < 1.29 is 9.59 Å². The van der Waals surface area contributed by atoms with E-state index in [0.29, 0.717) is 6.42 Å². The average Bonchev–Trinajstić information content (AvgIpc) is 2.31. The van der Waals surface area contributed by atoms with E-state index in [0.717, 1.165) is 17.7 Å². The molecule has 0 radical (unpaired) electrons. The van der Waals surface area contributed by atoms with Gasteiger partial charge in [0.15, 0.2) is 5.78 Å². The van der Waals surface area contributed by atoms with E-state index in [1.807, 2.05) is 45.0 Å². The smallest absolute Gasteiger partial charge is 0.227 e. The van der Waals surface area contributed by atoms with Crippen LogP contribution in [0.3, 0.4) is 0 Å². The second-order valence-corrected chi connectivity index (χ2v) is 5.78. The van der Waals surface area contributed by atoms with Crippen LogP contribution in [0.2, 0.25) is 0 Å². The van der Waals surface area contributed by atoms with Crippen molar-refractivity contribution in [2.45, 2.75) is 33.6 Å². The number of carbonyl (C=O) groups is 2. The molecule has 0 saturated heterocycles. The van der Waals surface area contributed by atoms with Crippen LogP contribution in [-0.4, -0.2) is 18.2 Å². The van der Waals surface area contributed by atoms with Crippen molar-refractivity contribution in [3.8, 4) is 0 Å². The maximum absolute atomic E-state index is 12.1. The molecule has 18 heavy (non-hydrogen) atoms. The molecule has 3 nitrogen and oxygen atoms in total. The number of hydrogen-bond acceptors (Lipinski definition) is 2. The lowest BCUT2D eigenvalue weighted by molar-refractivity contribution is -0.127. The number of Topliss-reactive ketones (excluding diaryl/α,β-unsaturated/α-hetero) is 1. The van der Waals surface area contributed by atoms with Gasteiger partial charge in [0.1, 0.15) is 0 Å². The second-order valence-electron chi connectivity index (χ2n) is 5.78. The number of amides is 1. The highest BCUT2D eigenvalue weighted by Gasteiger charge is 2.29. The van der Waals surface area contributed by atoms with E-state index >= 15 is 0 Å². The quantitative estimate of drug-likeness (QED) is 0.803. The molecule has 0 aromatic heterocycles. The van der Waals surface area contributed by atoms with Gasteiger partial charge in [-0.05, 0) is 18.1 Å². The Kier molecular flexibility index (Phi) is 3.24. The summed E-state index contributed by atoms with van der Waals surface area (Å²) in [5.74, 6) is 0.138. The van der Waals surface area contributed by atoms with Gasteiger partial charge in [-0.3, -0.25) is 9.59 Å². The highest BCUT2D eigenvalue weighted by atomic mass is 16.2. The summed E-state index contributed by atoms with van der Waals surface area (Å²) in [4.78, 5) is 25.7. The summed E-state index contributed by atoms with van der Waals surface area (Å²) < 4.78 is 0. The highest BCUT2D eigenvalue weighted by molar-refractivity contribution is 6.02. The molecule has 0 spiro atoms. The first kappa shape index (κ1) is 12.8. The number of para-hydroxylation sites is 1. The number of fused-ring (bicyclic) bond motifs is 1. The van der Waals surface area contributed by atoms with Gasteiger partial charge in [0, 0.05) is 17.5 Å². The molecule has 0 bridgehead atoms. The first-order chi connectivity index (χ1) is 8.39. The third-order valence-corrected chi connectivity index (χ3v) is 3.33. The largest absolute Gasteiger partial charge is 0.305 e. The topological polar surface area (TPSA) is 37.4 Å². The summed E-state index contributed by atoms with van der Waals surface area (Å²) in [5.41, 5.74) is 1.64. The van der Waals surface area contributed by atoms with Gasteiger partial charge in [-0.25, -0.2) is 0 Å². The van der Waals surface area contributed by atoms with E-state index in [9.17, 15) is 9.59 Å². The molecule has 0 N–H and O–H groups in total. The van der Waals surface area contributed by atoms with Gasteiger partial charge in [-0.15, -0.1) is 0 Å². The molecule has 0 fully saturated rings. The zero-order valence-corrected chi connectivity index (χ0v) is 11.2. The molecule has 1 aliphatic rings. The van der Waals surface area contributed by atoms with E-state index in [2.05, 4.69) is 0 Å². The molecular formula is C15H19NO2. The average molecular weight is 245 g/mol. The molecule has 3 heteroatoms. The zero-order chi connectivity index (χ0) is 13.3. The first-order valence-corrected chi connectivity index (χ1v) is 6.31. The molecule has 1 heterocycles. The monoisotopic (exact) mass is 245 g/mol. The summed E-state index contributed by atoms with van der Waals surface area (Å²) in [6.07, 6.45) is 1.27. The van der Waals surface area contributed by atoms with Gasteiger partial charge >= 0.3 is 0 Å². The van der Waals surface area contributed by atoms with Gasteiger partial charge in [-0.2, -0.15) is 0 Å². The van der Waals surface area contributed by atoms with Crippen LogP contribution in [0.25, 0.3) is 0 Å². The number of hydrogen-bond donors (Lipinski definition) is 0. The fourth-order valence-electron chi connectivity index (χ4n) is 2.05. The van der Waals surface area contributed by atoms with E-state index in [4.69, 9.17) is 0 Å². The SMILES string of the molecule is CC(C)(C)C(=O)CN1C(=O)CCc2ccccc21. The predicted octanol–water partition coefficient (Wildman–Crippen LogP) is 2.58. The standard InChI is InChI=1S/C15H19NO2/c1-15(2,3)13(17)10-16-12-7-5-4-6-11(12)8-9-14(16)18/h4-7H,8-10H2,1-3H3. The summed E-state index contributed by atoms with van der Waals surface area (Å²) in [5, 5.41) is 0. The van der Waals surface area contributed by atoms with Crippen LogP contribution in [0.15, 0.2) is 24.3 Å². The van der Waals surface area contributed by atoms with Gasteiger partial charge in [0.2, 0.25) is 5.91 Å². The van der Waals surface area contributed by atoms with E-state index in [1.165, 1.54) is 0 Å². The van der Waals surface area contributed by atoms with Crippen molar-refractivity contribution in [1.29, 1.82) is 0 Å². The Morgan fingerprint density at radius 3 is 2.56 bits per heavy atom. The number of anilines is 1. The molecule has 0 aliphatic carbocycles. The number of carbonyl (C=O) groups excluding carboxylic acids is 2. The Morgan fingerprint density at radius 1 is 1.22 bits per heavy atom. The minimum Gasteiger partial charge on any atom is -0.305 e. The number of nitrogens with zero attached hydrogens (tertiary/aromatic N) is 1. The lowest BCUT2D eigenvalue weighted by atomic mass is 9.89. The lowest BCUT2D eigenvalue weighted by Gasteiger charge is -2.30. The Hall–Kier alpha value is -1.64. The maximum atomic E-state index is 12.1. The van der Waals surface area contributed by atoms with Gasteiger partial charge in [-0.1, -0.05) is 39.0 Å². The van der Waals surface area contributed by atoms with Crippen molar-refractivity contribution in [3.05, 3.63) is 29.8 Å². The van der Waals surface area contributed by atoms with E-state index in [1.54, 1.807) is 4.90 Å². The fraction of sp³-hybridized carbons (Fsp3) is 0.467. The molecule has 0 unspecified atom stereocenters. The minimum absolute atomic E-state index is 0.0475. The normalized spacial score (nSPS) is 15.5. The molecule has 96 valence electrons. The Bertz CT molecular complexity index is 486. The number of aryl methyl sites for hydroxylation is 1. The van der Waals surface area contributed by atoms with Crippen LogP contribution in [-0.2, 0) is 16.0 Å². The molecular weight excluding hydrogens is 226 g/mol. The van der Waals surface area contributed by atoms with Crippen molar-refractivity contribution in [2.24, 2.45) is 5.41 Å². The minimum atomic E-state index is -0.410. The van der Waals surface area contributed by atoms with Crippen molar-refractivity contribution in [1.82, 2.24) is 0 Å². The Morgan fingerprint density at radius 2 is 1.89 bits per heavy atom. The Labute approximate surface area is 108 Å². The molecule has 1 aromatic rings. The second kappa shape index (κ2) is 4.56. The number of ketones is 1. The third-order valence-electron chi connectivity index (χ3n) is 3.33. The van der Waals surface area contributed by atoms with Crippen molar-refractivity contribution >= 4 is 17.4 Å². The van der Waals surface area contributed by atoms with Gasteiger partial charge in [0.05, 0.1) is 6.54 Å². The molecule has 1 amide bonds. The van der Waals surface area contributed by atoms with Crippen LogP contribution >= 0.6 is 0 Å². The van der Waals surface area contributed by atoms with E-state index < -0.39 is 5.41 Å². The lowest BCUT2D eigenvalue weighted by Crippen LogP contribution is -2.42. The third kappa shape index (κ3) is 2.45. The Balaban J connectivity index is 2.28. The number of benzene rings is 1. The molecule has 1 aliphatic heterocycles. The van der Waals surface area contributed by atoms with Crippen LogP contribution in [0.4, 0.5) is 5.69 Å². The van der Waals surface area contributed by atoms with Crippen LogP contribution < -0.4 is 4.90 Å². The zero-order valence-electron chi connectivity index (χ0n) is 11.2. The van der Waals surface area contributed by atoms with Gasteiger partial charge in [0.25, 0.3) is 0 Å². The summed E-state index contributed by atoms with van der Waals surface area (Å²) in [6.45, 7) is 5.83. The molecule has 1 aromatic carbocycles. The molecule has 2 rings (SSSR count). The van der Waals surface area contributed by atoms with E-state index in [-0.39, 0.29) is 18.2 Å². The van der Waals surface area contributed by atoms with Crippen molar-refractivity contribution in [3.63, 3.8) is 0 Å². The summed E-state index contributed by atoms with van der Waals surface area (Å²) >= 11 is 0. The summed E-state index contributed by atoms with van der Waals surface area (Å²) in [7, 11) is 0. The van der Waals surface area contributed by atoms with Crippen LogP contribution in [0.5, 0.6) is 0 Å². The van der Waals surface area contributed by atoms with Crippen LogP contribution in [0.1, 0.15) is 32.8 Å². The highest BCUT2D eigenvalue weighted by Crippen LogP contribution is 2.28.